The van der Waals surface area contributed by atoms with Crippen LogP contribution in [-0.2, 0) is 0 Å². The molecule has 1 aliphatic rings. The van der Waals surface area contributed by atoms with Gasteiger partial charge < -0.3 is 5.32 Å². The quantitative estimate of drug-likeness (QED) is 0.599. The van der Waals surface area contributed by atoms with E-state index in [4.69, 9.17) is 4.99 Å². The van der Waals surface area contributed by atoms with Crippen LogP contribution in [0.4, 0.5) is 0 Å². The molecule has 0 bridgehead atoms. The van der Waals surface area contributed by atoms with Crippen LogP contribution in [-0.4, -0.2) is 5.84 Å². The Hall–Kier alpha value is -2.87. The van der Waals surface area contributed by atoms with Gasteiger partial charge in [0.1, 0.15) is 6.04 Å². The molecule has 1 aliphatic heterocycles. The number of aryl methyl sites for hydroxylation is 1. The summed E-state index contributed by atoms with van der Waals surface area (Å²) < 4.78 is 0. The highest BCUT2D eigenvalue weighted by molar-refractivity contribution is 5.85. The summed E-state index contributed by atoms with van der Waals surface area (Å²) in [7, 11) is 0. The van der Waals surface area contributed by atoms with Crippen molar-refractivity contribution in [3.63, 3.8) is 0 Å². The molecule has 0 aliphatic carbocycles. The van der Waals surface area contributed by atoms with Crippen LogP contribution >= 0.6 is 0 Å². The van der Waals surface area contributed by atoms with Gasteiger partial charge in [-0.15, -0.1) is 0 Å². The second-order valence-corrected chi connectivity index (χ2v) is 7.43. The van der Waals surface area contributed by atoms with Crippen molar-refractivity contribution in [3.05, 3.63) is 107 Å². The van der Waals surface area contributed by atoms with Crippen LogP contribution in [0.3, 0.4) is 0 Å². The number of nitrogens with zero attached hydrogens (tertiary/aromatic N) is 1. The summed E-state index contributed by atoms with van der Waals surface area (Å²) in [6.07, 6.45) is 0.928. The molecule has 1 N–H and O–H groups in total. The molecule has 27 heavy (non-hydrogen) atoms. The van der Waals surface area contributed by atoms with E-state index < -0.39 is 0 Å². The first-order chi connectivity index (χ1) is 13.2. The van der Waals surface area contributed by atoms with Crippen molar-refractivity contribution < 1.29 is 0 Å². The number of hydrogen-bond acceptors (Lipinski definition) is 2. The van der Waals surface area contributed by atoms with Crippen LogP contribution in [0.25, 0.3) is 0 Å². The average molecular weight is 354 g/mol. The highest BCUT2D eigenvalue weighted by atomic mass is 15.1. The van der Waals surface area contributed by atoms with Gasteiger partial charge in [-0.1, -0.05) is 91.9 Å². The molecule has 0 radical (unpaired) electrons. The van der Waals surface area contributed by atoms with Gasteiger partial charge in [-0.25, -0.2) is 0 Å². The summed E-state index contributed by atoms with van der Waals surface area (Å²) in [5.74, 6) is 1.54. The van der Waals surface area contributed by atoms with Crippen molar-refractivity contribution in [2.75, 3.05) is 0 Å². The largest absolute Gasteiger partial charge is 0.364 e. The van der Waals surface area contributed by atoms with Gasteiger partial charge in [0.2, 0.25) is 0 Å². The first-order valence-corrected chi connectivity index (χ1v) is 9.71. The summed E-state index contributed by atoms with van der Waals surface area (Å²) in [5.41, 5.74) is 5.30. The Morgan fingerprint density at radius 2 is 1.41 bits per heavy atom. The Morgan fingerprint density at radius 3 is 2.07 bits per heavy atom. The van der Waals surface area contributed by atoms with Gasteiger partial charge >= 0.3 is 0 Å². The summed E-state index contributed by atoms with van der Waals surface area (Å²) in [6.45, 7) is 4.48. The monoisotopic (exact) mass is 354 g/mol. The molecular formula is C25H26N2. The summed E-state index contributed by atoms with van der Waals surface area (Å²) >= 11 is 0. The standard InChI is InChI=1S/C25H26N2/c1-18-11-9-10-16-22(18)19(2)17-23-26-24(20-12-5-3-6-13-20)25(27-23)21-14-7-4-8-15-21/h3-16,19,24-25H,17H2,1-2H3,(H,26,27)/t19-,24-,25+/m0/s1. The summed E-state index contributed by atoms with van der Waals surface area (Å²) in [4.78, 5) is 5.12. The lowest BCUT2D eigenvalue weighted by Gasteiger charge is -2.20. The number of amidine groups is 1. The Balaban J connectivity index is 1.61. The molecule has 0 aromatic heterocycles. The number of aliphatic imine (C=N–C) groups is 1. The van der Waals surface area contributed by atoms with E-state index in [0.717, 1.165) is 12.3 Å². The van der Waals surface area contributed by atoms with Crippen LogP contribution in [0.2, 0.25) is 0 Å². The minimum Gasteiger partial charge on any atom is -0.364 e. The fraction of sp³-hybridized carbons (Fsp3) is 0.240. The zero-order chi connectivity index (χ0) is 18.6. The fourth-order valence-corrected chi connectivity index (χ4v) is 4.03. The predicted octanol–water partition coefficient (Wildman–Crippen LogP) is 5.97. The van der Waals surface area contributed by atoms with E-state index in [1.54, 1.807) is 0 Å². The fourth-order valence-electron chi connectivity index (χ4n) is 4.03. The normalized spacial score (nSPS) is 20.0. The second kappa shape index (κ2) is 7.79. The van der Waals surface area contributed by atoms with Gasteiger partial charge in [0, 0.05) is 6.42 Å². The molecule has 0 spiro atoms. The van der Waals surface area contributed by atoms with E-state index in [2.05, 4.69) is 104 Å². The molecule has 3 aromatic carbocycles. The lowest BCUT2D eigenvalue weighted by molar-refractivity contribution is 0.570. The molecule has 4 rings (SSSR count). The topological polar surface area (TPSA) is 24.4 Å². The molecule has 0 saturated carbocycles. The SMILES string of the molecule is Cc1ccccc1[C@@H](C)CC1=N[C@H](c2ccccc2)[C@H](c2ccccc2)N1. The van der Waals surface area contributed by atoms with Crippen LogP contribution < -0.4 is 5.32 Å². The average Bonchev–Trinajstić information content (AvgIpc) is 3.13. The Labute approximate surface area is 162 Å². The minimum absolute atomic E-state index is 0.118. The van der Waals surface area contributed by atoms with E-state index in [0.29, 0.717) is 5.92 Å². The zero-order valence-corrected chi connectivity index (χ0v) is 16.0. The van der Waals surface area contributed by atoms with Gasteiger partial charge in [-0.2, -0.15) is 0 Å². The third kappa shape index (κ3) is 3.80. The maximum absolute atomic E-state index is 5.12. The molecule has 2 nitrogen and oxygen atoms in total. The maximum atomic E-state index is 5.12. The van der Waals surface area contributed by atoms with Gasteiger partial charge in [0.05, 0.1) is 11.9 Å². The van der Waals surface area contributed by atoms with Crippen LogP contribution in [0.1, 0.15) is 53.6 Å². The molecular weight excluding hydrogens is 328 g/mol. The smallest absolute Gasteiger partial charge is 0.101 e. The third-order valence-corrected chi connectivity index (χ3v) is 5.45. The number of rotatable bonds is 5. The Kier molecular flexibility index (Phi) is 5.06. The molecule has 0 amide bonds. The first kappa shape index (κ1) is 17.5. The highest BCUT2D eigenvalue weighted by Crippen LogP contribution is 2.37. The van der Waals surface area contributed by atoms with E-state index in [9.17, 15) is 0 Å². The minimum atomic E-state index is 0.118. The second-order valence-electron chi connectivity index (χ2n) is 7.43. The predicted molar refractivity (Wildman–Crippen MR) is 113 cm³/mol. The molecule has 3 aromatic rings. The van der Waals surface area contributed by atoms with E-state index in [-0.39, 0.29) is 12.1 Å². The third-order valence-electron chi connectivity index (χ3n) is 5.45. The molecule has 0 unspecified atom stereocenters. The first-order valence-electron chi connectivity index (χ1n) is 9.71. The van der Waals surface area contributed by atoms with Crippen molar-refractivity contribution in [1.29, 1.82) is 0 Å². The number of nitrogens with one attached hydrogen (secondary N) is 1. The molecule has 2 heteroatoms. The zero-order valence-electron chi connectivity index (χ0n) is 16.0. The van der Waals surface area contributed by atoms with Crippen molar-refractivity contribution >= 4 is 5.84 Å². The highest BCUT2D eigenvalue weighted by Gasteiger charge is 2.31. The van der Waals surface area contributed by atoms with Crippen molar-refractivity contribution in [1.82, 2.24) is 5.32 Å². The van der Waals surface area contributed by atoms with E-state index in [1.165, 1.54) is 22.3 Å². The van der Waals surface area contributed by atoms with Gasteiger partial charge in [-0.05, 0) is 35.1 Å². The molecule has 3 atom stereocenters. The number of hydrogen-bond donors (Lipinski definition) is 1. The van der Waals surface area contributed by atoms with Crippen molar-refractivity contribution in [2.45, 2.75) is 38.3 Å². The van der Waals surface area contributed by atoms with Crippen LogP contribution in [0, 0.1) is 6.92 Å². The summed E-state index contributed by atoms with van der Waals surface area (Å²) in [6, 6.07) is 30.2. The lowest BCUT2D eigenvalue weighted by Crippen LogP contribution is -2.25. The van der Waals surface area contributed by atoms with Crippen LogP contribution in [0.5, 0.6) is 0 Å². The molecule has 1 heterocycles. The molecule has 0 fully saturated rings. The number of benzene rings is 3. The van der Waals surface area contributed by atoms with E-state index in [1.807, 2.05) is 0 Å². The molecule has 136 valence electrons. The maximum Gasteiger partial charge on any atom is 0.101 e. The van der Waals surface area contributed by atoms with Gasteiger partial charge in [0.25, 0.3) is 0 Å². The Morgan fingerprint density at radius 1 is 0.815 bits per heavy atom. The van der Waals surface area contributed by atoms with E-state index >= 15 is 0 Å². The van der Waals surface area contributed by atoms with Crippen LogP contribution in [0.15, 0.2) is 89.9 Å². The van der Waals surface area contributed by atoms with Crippen molar-refractivity contribution in [2.24, 2.45) is 4.99 Å². The van der Waals surface area contributed by atoms with Gasteiger partial charge in [-0.3, -0.25) is 4.99 Å². The van der Waals surface area contributed by atoms with Gasteiger partial charge in [0.15, 0.2) is 0 Å². The van der Waals surface area contributed by atoms with Crippen molar-refractivity contribution in [3.8, 4) is 0 Å². The summed E-state index contributed by atoms with van der Waals surface area (Å²) in [5, 5.41) is 3.73. The molecule has 0 saturated heterocycles. The Bertz CT molecular complexity index is 915. The lowest BCUT2D eigenvalue weighted by atomic mass is 9.93.